The van der Waals surface area contributed by atoms with Gasteiger partial charge in [0, 0.05) is 37.9 Å². The number of alkyl carbamates (subject to hydrolysis) is 2. The van der Waals surface area contributed by atoms with E-state index in [9.17, 15) is 28.8 Å². The fraction of sp³-hybridized carbons (Fsp3) is 0.617. The van der Waals surface area contributed by atoms with Crippen molar-refractivity contribution in [1.82, 2.24) is 31.5 Å². The van der Waals surface area contributed by atoms with Crippen molar-refractivity contribution in [3.05, 3.63) is 71.8 Å². The molecule has 15 heteroatoms. The van der Waals surface area contributed by atoms with Crippen molar-refractivity contribution in [2.45, 2.75) is 149 Å². The lowest BCUT2D eigenvalue weighted by atomic mass is 9.74. The minimum absolute atomic E-state index is 0.0357. The molecular formula is C47H73N7O8. The molecule has 1 saturated heterocycles. The summed E-state index contributed by atoms with van der Waals surface area (Å²) in [4.78, 5) is 83.7. The molecule has 1 heterocycles. The Kier molecular flexibility index (Phi) is 19.7. The van der Waals surface area contributed by atoms with Gasteiger partial charge in [-0.15, -0.1) is 0 Å². The lowest BCUT2D eigenvalue weighted by Crippen LogP contribution is -2.64. The maximum atomic E-state index is 14.4. The summed E-state index contributed by atoms with van der Waals surface area (Å²) in [5.41, 5.74) is 5.93. The standard InChI is InChI=1S/C47H73N7O8/c1-10-47(24-25-48)30-54(31-47)42(58)35(23-17-18-26-49-43(59)61-45(4,5)6)50-39(55)36(27-32(2)3)51-40(56)37(28-33-19-13-11-14-20-33)52-41(57)38(29-34-21-15-12-16-22-34)53-44(60)62-46(7,8)9/h11-16,19-22,32,35-38H,10,17-18,23-31,48H2,1-9H3,(H,49,59)(H,50,55)(H,51,56)(H,52,57)(H,53,60)/t35-,36-,37-,38-/m1/s1. The van der Waals surface area contributed by atoms with Crippen molar-refractivity contribution < 1.29 is 38.2 Å². The molecule has 0 aromatic heterocycles. The Hall–Kier alpha value is -5.18. The van der Waals surface area contributed by atoms with Crippen molar-refractivity contribution in [3.63, 3.8) is 0 Å². The third-order valence-corrected chi connectivity index (χ3v) is 10.5. The van der Waals surface area contributed by atoms with E-state index >= 15 is 0 Å². The van der Waals surface area contributed by atoms with Crippen molar-refractivity contribution in [2.75, 3.05) is 26.2 Å². The third-order valence-electron chi connectivity index (χ3n) is 10.5. The third kappa shape index (κ3) is 18.0. The second kappa shape index (κ2) is 23.9. The molecule has 0 bridgehead atoms. The van der Waals surface area contributed by atoms with E-state index in [1.54, 1.807) is 46.4 Å². The summed E-state index contributed by atoms with van der Waals surface area (Å²) in [5.74, 6) is -2.00. The highest BCUT2D eigenvalue weighted by Crippen LogP contribution is 2.37. The summed E-state index contributed by atoms with van der Waals surface area (Å²) in [7, 11) is 0. The van der Waals surface area contributed by atoms with E-state index in [0.29, 0.717) is 45.4 Å². The normalized spacial score (nSPS) is 15.5. The van der Waals surface area contributed by atoms with Crippen molar-refractivity contribution in [2.24, 2.45) is 17.1 Å². The average Bonchev–Trinajstić information content (AvgIpc) is 3.16. The van der Waals surface area contributed by atoms with Crippen molar-refractivity contribution in [3.8, 4) is 0 Å². The Balaban J connectivity index is 1.84. The Labute approximate surface area is 368 Å². The first-order valence-electron chi connectivity index (χ1n) is 22.1. The van der Waals surface area contributed by atoms with Crippen LogP contribution in [0.4, 0.5) is 9.59 Å². The Morgan fingerprint density at radius 1 is 0.677 bits per heavy atom. The van der Waals surface area contributed by atoms with Crippen LogP contribution >= 0.6 is 0 Å². The zero-order valence-electron chi connectivity index (χ0n) is 38.4. The van der Waals surface area contributed by atoms with E-state index in [4.69, 9.17) is 15.2 Å². The fourth-order valence-electron chi connectivity index (χ4n) is 7.33. The van der Waals surface area contributed by atoms with Crippen LogP contribution in [0.5, 0.6) is 0 Å². The maximum absolute atomic E-state index is 14.4. The highest BCUT2D eigenvalue weighted by Gasteiger charge is 2.45. The first-order valence-corrected chi connectivity index (χ1v) is 22.1. The topological polar surface area (TPSA) is 210 Å². The first-order chi connectivity index (χ1) is 29.1. The molecule has 3 rings (SSSR count). The summed E-state index contributed by atoms with van der Waals surface area (Å²) in [6.45, 7) is 18.4. The van der Waals surface area contributed by atoms with Crippen LogP contribution in [-0.2, 0) is 41.5 Å². The minimum Gasteiger partial charge on any atom is -0.444 e. The molecular weight excluding hydrogens is 791 g/mol. The molecule has 15 nitrogen and oxygen atoms in total. The van der Waals surface area contributed by atoms with Gasteiger partial charge in [0.1, 0.15) is 35.4 Å². The van der Waals surface area contributed by atoms with Gasteiger partial charge in [0.2, 0.25) is 23.6 Å². The largest absolute Gasteiger partial charge is 0.444 e. The van der Waals surface area contributed by atoms with Gasteiger partial charge in [-0.2, -0.15) is 0 Å². The molecule has 7 N–H and O–H groups in total. The molecule has 1 aliphatic heterocycles. The van der Waals surface area contributed by atoms with Gasteiger partial charge in [0.05, 0.1) is 0 Å². The van der Waals surface area contributed by atoms with Crippen LogP contribution in [0.25, 0.3) is 0 Å². The van der Waals surface area contributed by atoms with Gasteiger partial charge in [0.15, 0.2) is 0 Å². The van der Waals surface area contributed by atoms with E-state index in [1.807, 2.05) is 74.5 Å². The lowest BCUT2D eigenvalue weighted by molar-refractivity contribution is -0.148. The quantitative estimate of drug-likeness (QED) is 0.0864. The van der Waals surface area contributed by atoms with E-state index in [2.05, 4.69) is 33.5 Å². The number of amides is 6. The van der Waals surface area contributed by atoms with Crippen LogP contribution in [-0.4, -0.2) is 102 Å². The molecule has 1 fully saturated rings. The van der Waals surface area contributed by atoms with Gasteiger partial charge in [-0.05, 0) is 104 Å². The molecule has 0 radical (unpaired) electrons. The minimum atomic E-state index is -1.15. The van der Waals surface area contributed by atoms with Crippen molar-refractivity contribution >= 4 is 35.8 Å². The summed E-state index contributed by atoms with van der Waals surface area (Å²) in [5, 5.41) is 14.2. The highest BCUT2D eigenvalue weighted by molar-refractivity contribution is 5.95. The van der Waals surface area contributed by atoms with Gasteiger partial charge in [-0.3, -0.25) is 19.2 Å². The zero-order chi connectivity index (χ0) is 46.1. The predicted molar refractivity (Wildman–Crippen MR) is 240 cm³/mol. The van der Waals surface area contributed by atoms with Crippen LogP contribution in [0.1, 0.15) is 112 Å². The number of unbranched alkanes of at least 4 members (excludes halogenated alkanes) is 1. The summed E-state index contributed by atoms with van der Waals surface area (Å²) >= 11 is 0. The number of hydrogen-bond donors (Lipinski definition) is 6. The first kappa shape index (κ1) is 51.2. The van der Waals surface area contributed by atoms with Gasteiger partial charge in [-0.1, -0.05) is 81.4 Å². The Morgan fingerprint density at radius 3 is 1.63 bits per heavy atom. The fourth-order valence-corrected chi connectivity index (χ4v) is 7.33. The molecule has 0 unspecified atom stereocenters. The van der Waals surface area contributed by atoms with Gasteiger partial charge in [0.25, 0.3) is 0 Å². The molecule has 62 heavy (non-hydrogen) atoms. The summed E-state index contributed by atoms with van der Waals surface area (Å²) in [6.07, 6.45) is 2.15. The number of ether oxygens (including phenoxy) is 2. The van der Waals surface area contributed by atoms with E-state index in [-0.39, 0.29) is 36.5 Å². The molecule has 1 aliphatic rings. The van der Waals surface area contributed by atoms with Crippen LogP contribution in [0.2, 0.25) is 0 Å². The number of nitrogens with one attached hydrogen (secondary N) is 5. The van der Waals surface area contributed by atoms with Crippen LogP contribution in [0.15, 0.2) is 60.7 Å². The molecule has 0 aliphatic carbocycles. The molecule has 2 aromatic rings. The molecule has 4 atom stereocenters. The number of rotatable bonds is 22. The number of nitrogens with zero attached hydrogens (tertiary/aromatic N) is 1. The van der Waals surface area contributed by atoms with Gasteiger partial charge in [-0.25, -0.2) is 9.59 Å². The second-order valence-corrected chi connectivity index (χ2v) is 18.9. The second-order valence-electron chi connectivity index (χ2n) is 18.9. The van der Waals surface area contributed by atoms with Crippen LogP contribution in [0, 0.1) is 11.3 Å². The van der Waals surface area contributed by atoms with Gasteiger partial charge < -0.3 is 46.7 Å². The van der Waals surface area contributed by atoms with Crippen LogP contribution in [0.3, 0.4) is 0 Å². The summed E-state index contributed by atoms with van der Waals surface area (Å²) in [6, 6.07) is 14.2. The van der Waals surface area contributed by atoms with Gasteiger partial charge >= 0.3 is 12.2 Å². The highest BCUT2D eigenvalue weighted by atomic mass is 16.6. The molecule has 0 saturated carbocycles. The lowest BCUT2D eigenvalue weighted by Gasteiger charge is -2.51. The van der Waals surface area contributed by atoms with Crippen LogP contribution < -0.4 is 32.3 Å². The number of likely N-dealkylation sites (tertiary alicyclic amines) is 1. The number of carbonyl (C=O) groups excluding carboxylic acids is 6. The number of carbonyl (C=O) groups is 6. The Bertz CT molecular complexity index is 1750. The van der Waals surface area contributed by atoms with E-state index < -0.39 is 65.3 Å². The zero-order valence-corrected chi connectivity index (χ0v) is 38.4. The number of nitrogens with two attached hydrogens (primary N) is 1. The number of hydrogen-bond acceptors (Lipinski definition) is 9. The molecule has 2 aromatic carbocycles. The number of benzene rings is 2. The average molecular weight is 864 g/mol. The SMILES string of the molecule is CCC1(CCN)CN(C(=O)[C@@H](CCCCNC(=O)OC(C)(C)C)NC(=O)[C@@H](CC(C)C)NC(=O)[C@@H](Cc2ccccc2)NC(=O)[C@@H](Cc2ccccc2)NC(=O)OC(C)(C)C)C1. The monoisotopic (exact) mass is 864 g/mol. The van der Waals surface area contributed by atoms with E-state index in [0.717, 1.165) is 24.0 Å². The molecule has 6 amide bonds. The predicted octanol–water partition coefficient (Wildman–Crippen LogP) is 5.15. The molecule has 0 spiro atoms. The molecule has 344 valence electrons. The Morgan fingerprint density at radius 2 is 1.15 bits per heavy atom. The summed E-state index contributed by atoms with van der Waals surface area (Å²) < 4.78 is 10.8. The van der Waals surface area contributed by atoms with Crippen molar-refractivity contribution in [1.29, 1.82) is 0 Å². The smallest absolute Gasteiger partial charge is 0.408 e. The maximum Gasteiger partial charge on any atom is 0.408 e. The van der Waals surface area contributed by atoms with E-state index in [1.165, 1.54) is 0 Å².